The summed E-state index contributed by atoms with van der Waals surface area (Å²) >= 11 is 0. The molecule has 0 aromatic rings. The molecule has 0 bridgehead atoms. The molecule has 1 nitrogen and oxygen atoms in total. The Morgan fingerprint density at radius 2 is 2.00 bits per heavy atom. The third kappa shape index (κ3) is 4.73. The summed E-state index contributed by atoms with van der Waals surface area (Å²) in [5, 5.41) is 0.555. The zero-order chi connectivity index (χ0) is 12.9. The van der Waals surface area contributed by atoms with Crippen LogP contribution < -0.4 is 0 Å². The van der Waals surface area contributed by atoms with E-state index >= 15 is 0 Å². The summed E-state index contributed by atoms with van der Waals surface area (Å²) in [4.78, 5) is 0. The minimum absolute atomic E-state index is 0.521. The summed E-state index contributed by atoms with van der Waals surface area (Å²) in [6, 6.07) is 0. The first-order valence-electron chi connectivity index (χ1n) is 7.51. The first-order chi connectivity index (χ1) is 7.93. The van der Waals surface area contributed by atoms with Crippen molar-refractivity contribution in [3.8, 4) is 0 Å². The molecule has 1 aliphatic heterocycles. The molecule has 0 spiro atoms. The lowest BCUT2D eigenvalue weighted by Crippen LogP contribution is -2.41. The Hall–Kier alpha value is 0.155. The quantitative estimate of drug-likeness (QED) is 0.586. The largest absolute Gasteiger partial charge is 0.382 e. The van der Waals surface area contributed by atoms with Crippen LogP contribution in [0, 0.1) is 5.41 Å². The minimum atomic E-state index is 0.521. The Kier molecular flexibility index (Phi) is 5.69. The molecule has 0 aliphatic carbocycles. The Bertz CT molecular complexity index is 227. The van der Waals surface area contributed by atoms with E-state index in [1.807, 2.05) is 0 Å². The van der Waals surface area contributed by atoms with Crippen LogP contribution in [-0.2, 0) is 4.74 Å². The summed E-state index contributed by atoms with van der Waals surface area (Å²) in [5.41, 5.74) is 0.521. The molecule has 1 saturated heterocycles. The second kappa shape index (κ2) is 6.36. The minimum Gasteiger partial charge on any atom is -0.382 e. The monoisotopic (exact) mass is 234 g/mol. The SMILES string of the molecule is BB(CCC1(BCC)COC1)CC(C)(C)CC. The lowest BCUT2D eigenvalue weighted by Gasteiger charge is -2.42. The van der Waals surface area contributed by atoms with Gasteiger partial charge in [-0.2, -0.15) is 0 Å². The first-order valence-corrected chi connectivity index (χ1v) is 7.51. The topological polar surface area (TPSA) is 9.23 Å². The smallest absolute Gasteiger partial charge is 0.133 e. The highest BCUT2D eigenvalue weighted by Crippen LogP contribution is 2.41. The maximum Gasteiger partial charge on any atom is 0.133 e. The van der Waals surface area contributed by atoms with Gasteiger partial charge in [0.2, 0.25) is 0 Å². The Morgan fingerprint density at radius 1 is 1.35 bits per heavy atom. The summed E-state index contributed by atoms with van der Waals surface area (Å²) in [7, 11) is 3.79. The highest BCUT2D eigenvalue weighted by atomic mass is 16.5. The van der Waals surface area contributed by atoms with E-state index < -0.39 is 0 Å². The third-order valence-corrected chi connectivity index (χ3v) is 4.62. The van der Waals surface area contributed by atoms with Crippen LogP contribution in [0.1, 0.15) is 40.5 Å². The van der Waals surface area contributed by atoms with Crippen molar-refractivity contribution in [3.05, 3.63) is 0 Å². The van der Waals surface area contributed by atoms with Gasteiger partial charge < -0.3 is 4.74 Å². The van der Waals surface area contributed by atoms with Crippen LogP contribution in [0.2, 0.25) is 24.3 Å². The summed E-state index contributed by atoms with van der Waals surface area (Å²) in [6.07, 6.45) is 6.72. The molecule has 1 fully saturated rings. The lowest BCUT2D eigenvalue weighted by molar-refractivity contribution is -0.0221. The van der Waals surface area contributed by atoms with Crippen LogP contribution in [0.25, 0.3) is 0 Å². The van der Waals surface area contributed by atoms with Crippen molar-refractivity contribution in [3.63, 3.8) is 0 Å². The average Bonchev–Trinajstić information content (AvgIpc) is 2.21. The van der Waals surface area contributed by atoms with Crippen LogP contribution in [-0.4, -0.2) is 34.8 Å². The van der Waals surface area contributed by atoms with Gasteiger partial charge in [0.15, 0.2) is 0 Å². The third-order valence-electron chi connectivity index (χ3n) is 4.62. The van der Waals surface area contributed by atoms with Crippen molar-refractivity contribution in [2.24, 2.45) is 5.41 Å². The van der Waals surface area contributed by atoms with Crippen LogP contribution in [0.15, 0.2) is 0 Å². The number of ether oxygens (including phenoxy) is 1. The van der Waals surface area contributed by atoms with Crippen LogP contribution in [0.3, 0.4) is 0 Å². The molecule has 17 heavy (non-hydrogen) atoms. The molecule has 1 rings (SSSR count). The van der Waals surface area contributed by atoms with Crippen LogP contribution in [0.4, 0.5) is 0 Å². The van der Waals surface area contributed by atoms with Gasteiger partial charge in [-0.25, -0.2) is 0 Å². The number of hydrogen-bond donors (Lipinski definition) is 0. The molecule has 1 heterocycles. The van der Waals surface area contributed by atoms with Gasteiger partial charge in [0.05, 0.1) is 7.74 Å². The highest BCUT2D eigenvalue weighted by molar-refractivity contribution is 7.03. The molecular formula is C13H29B3O. The molecule has 0 aromatic carbocycles. The van der Waals surface area contributed by atoms with E-state index in [0.29, 0.717) is 10.7 Å². The van der Waals surface area contributed by atoms with E-state index in [1.54, 1.807) is 0 Å². The van der Waals surface area contributed by atoms with Crippen molar-refractivity contribution in [1.82, 2.24) is 0 Å². The van der Waals surface area contributed by atoms with Gasteiger partial charge in [-0.1, -0.05) is 59.5 Å². The van der Waals surface area contributed by atoms with E-state index in [2.05, 4.69) is 35.4 Å². The second-order valence-corrected chi connectivity index (χ2v) is 7.11. The Balaban J connectivity index is 2.29. The molecule has 1 aliphatic rings. The zero-order valence-corrected chi connectivity index (χ0v) is 12.6. The molecule has 0 atom stereocenters. The van der Waals surface area contributed by atoms with E-state index in [9.17, 15) is 0 Å². The first kappa shape index (κ1) is 15.2. The molecule has 4 heteroatoms. The van der Waals surface area contributed by atoms with Crippen molar-refractivity contribution in [2.75, 3.05) is 13.2 Å². The van der Waals surface area contributed by atoms with E-state index in [4.69, 9.17) is 4.74 Å². The molecule has 0 aromatic heterocycles. The fourth-order valence-electron chi connectivity index (χ4n) is 3.08. The van der Waals surface area contributed by atoms with Gasteiger partial charge in [0, 0.05) is 13.2 Å². The van der Waals surface area contributed by atoms with Crippen molar-refractivity contribution in [2.45, 2.75) is 64.8 Å². The molecule has 0 saturated carbocycles. The van der Waals surface area contributed by atoms with Crippen molar-refractivity contribution < 1.29 is 4.74 Å². The van der Waals surface area contributed by atoms with Gasteiger partial charge in [-0.3, -0.25) is 0 Å². The predicted molar refractivity (Wildman–Crippen MR) is 83.7 cm³/mol. The van der Waals surface area contributed by atoms with Crippen LogP contribution in [0.5, 0.6) is 0 Å². The second-order valence-electron chi connectivity index (χ2n) is 7.11. The fourth-order valence-corrected chi connectivity index (χ4v) is 3.08. The summed E-state index contributed by atoms with van der Waals surface area (Å²) in [5.74, 6) is 0. The summed E-state index contributed by atoms with van der Waals surface area (Å²) < 4.78 is 5.45. The highest BCUT2D eigenvalue weighted by Gasteiger charge is 2.38. The molecule has 96 valence electrons. The molecule has 0 unspecified atom stereocenters. The summed E-state index contributed by atoms with van der Waals surface area (Å²) in [6.45, 7) is 12.3. The van der Waals surface area contributed by atoms with Gasteiger partial charge in [-0.15, -0.1) is 0 Å². The van der Waals surface area contributed by atoms with Crippen molar-refractivity contribution >= 4 is 21.6 Å². The van der Waals surface area contributed by atoms with E-state index in [-0.39, 0.29) is 0 Å². The normalized spacial score (nSPS) is 18.6. The maximum absolute atomic E-state index is 5.45. The maximum atomic E-state index is 5.45. The Morgan fingerprint density at radius 3 is 2.41 bits per heavy atom. The van der Waals surface area contributed by atoms with Gasteiger partial charge in [0.1, 0.15) is 13.9 Å². The Labute approximate surface area is 110 Å². The predicted octanol–water partition coefficient (Wildman–Crippen LogP) is 2.50. The molecule has 0 N–H and O–H groups in total. The van der Waals surface area contributed by atoms with Crippen LogP contribution >= 0.6 is 0 Å². The standard InChI is InChI=1S/C13H29B3O/c1-5-12(3,4)9-16(14)8-7-13(15-6-2)10-17-11-13/h15H,5-11,14H2,1-4H3. The molecule has 0 amide bonds. The van der Waals surface area contributed by atoms with Gasteiger partial charge in [0.25, 0.3) is 0 Å². The van der Waals surface area contributed by atoms with E-state index in [0.717, 1.165) is 19.8 Å². The zero-order valence-electron chi connectivity index (χ0n) is 12.6. The average molecular weight is 234 g/mol. The molecule has 0 radical (unpaired) electrons. The van der Waals surface area contributed by atoms with Gasteiger partial charge in [-0.05, 0) is 10.7 Å². The molecular weight excluding hydrogens is 205 g/mol. The number of rotatable bonds is 8. The fraction of sp³-hybridized carbons (Fsp3) is 1.00. The lowest BCUT2D eigenvalue weighted by atomic mass is 9.25. The van der Waals surface area contributed by atoms with E-state index in [1.165, 1.54) is 39.1 Å². The number of hydrogen-bond acceptors (Lipinski definition) is 1. The van der Waals surface area contributed by atoms with Gasteiger partial charge >= 0.3 is 0 Å². The van der Waals surface area contributed by atoms with Crippen molar-refractivity contribution in [1.29, 1.82) is 0 Å².